The van der Waals surface area contributed by atoms with Gasteiger partial charge < -0.3 is 4.74 Å². The SMILES string of the molecule is BrCC1OC12CC1C=CC2C1. The molecule has 0 radical (unpaired) electrons. The zero-order valence-corrected chi connectivity index (χ0v) is 7.88. The maximum absolute atomic E-state index is 5.75. The fourth-order valence-corrected chi connectivity index (χ4v) is 3.43. The minimum atomic E-state index is 0.295. The van der Waals surface area contributed by atoms with E-state index in [9.17, 15) is 0 Å². The molecule has 4 unspecified atom stereocenters. The summed E-state index contributed by atoms with van der Waals surface area (Å²) in [7, 11) is 0. The maximum atomic E-state index is 5.75. The summed E-state index contributed by atoms with van der Waals surface area (Å²) in [6, 6.07) is 0. The fourth-order valence-electron chi connectivity index (χ4n) is 2.75. The fraction of sp³-hybridized carbons (Fsp3) is 0.778. The van der Waals surface area contributed by atoms with Gasteiger partial charge in [-0.1, -0.05) is 28.1 Å². The Kier molecular flexibility index (Phi) is 1.16. The second-order valence-corrected chi connectivity index (χ2v) is 4.55. The Bertz CT molecular complexity index is 226. The van der Waals surface area contributed by atoms with E-state index in [4.69, 9.17) is 4.74 Å². The summed E-state index contributed by atoms with van der Waals surface area (Å²) in [5, 5.41) is 1.02. The molecule has 3 rings (SSSR count). The summed E-state index contributed by atoms with van der Waals surface area (Å²) in [6.45, 7) is 0. The summed E-state index contributed by atoms with van der Waals surface area (Å²) in [5.74, 6) is 1.58. The summed E-state index contributed by atoms with van der Waals surface area (Å²) in [6.07, 6.45) is 7.87. The first-order valence-corrected chi connectivity index (χ1v) is 5.39. The van der Waals surface area contributed by atoms with Crippen LogP contribution in [0.15, 0.2) is 12.2 Å². The molecule has 1 aliphatic heterocycles. The van der Waals surface area contributed by atoms with Crippen LogP contribution in [-0.2, 0) is 4.74 Å². The van der Waals surface area contributed by atoms with E-state index >= 15 is 0 Å². The summed E-state index contributed by atoms with van der Waals surface area (Å²) in [4.78, 5) is 0. The highest BCUT2D eigenvalue weighted by atomic mass is 79.9. The Morgan fingerprint density at radius 2 is 2.45 bits per heavy atom. The van der Waals surface area contributed by atoms with Crippen LogP contribution in [0.5, 0.6) is 0 Å². The summed E-state index contributed by atoms with van der Waals surface area (Å²) in [5.41, 5.74) is 0.295. The van der Waals surface area contributed by atoms with Gasteiger partial charge in [-0.05, 0) is 18.8 Å². The molecule has 0 amide bonds. The van der Waals surface area contributed by atoms with Crippen LogP contribution in [0.3, 0.4) is 0 Å². The van der Waals surface area contributed by atoms with Crippen LogP contribution in [0, 0.1) is 11.8 Å². The van der Waals surface area contributed by atoms with Crippen LogP contribution in [0.4, 0.5) is 0 Å². The van der Waals surface area contributed by atoms with Crippen molar-refractivity contribution in [2.75, 3.05) is 5.33 Å². The lowest BCUT2D eigenvalue weighted by atomic mass is 9.91. The van der Waals surface area contributed by atoms with Gasteiger partial charge in [0.15, 0.2) is 0 Å². The predicted octanol–water partition coefficient (Wildman–Crippen LogP) is 2.11. The quantitative estimate of drug-likeness (QED) is 0.370. The molecule has 1 spiro atoms. The Morgan fingerprint density at radius 3 is 2.91 bits per heavy atom. The van der Waals surface area contributed by atoms with Crippen LogP contribution in [0.2, 0.25) is 0 Å². The molecule has 4 atom stereocenters. The van der Waals surface area contributed by atoms with E-state index < -0.39 is 0 Å². The van der Waals surface area contributed by atoms with Gasteiger partial charge in [-0.25, -0.2) is 0 Å². The van der Waals surface area contributed by atoms with Gasteiger partial charge >= 0.3 is 0 Å². The molecule has 0 aromatic carbocycles. The molecule has 3 aliphatic rings. The van der Waals surface area contributed by atoms with Crippen LogP contribution < -0.4 is 0 Å². The van der Waals surface area contributed by atoms with E-state index in [2.05, 4.69) is 28.1 Å². The van der Waals surface area contributed by atoms with Gasteiger partial charge in [0.2, 0.25) is 0 Å². The molecule has 1 nitrogen and oxygen atoms in total. The molecule has 11 heavy (non-hydrogen) atoms. The minimum absolute atomic E-state index is 0.295. The van der Waals surface area contributed by atoms with Crippen molar-refractivity contribution >= 4 is 15.9 Å². The van der Waals surface area contributed by atoms with E-state index in [0.717, 1.165) is 17.2 Å². The van der Waals surface area contributed by atoms with E-state index in [1.807, 2.05) is 0 Å². The maximum Gasteiger partial charge on any atom is 0.102 e. The Balaban J connectivity index is 1.88. The molecule has 60 valence electrons. The van der Waals surface area contributed by atoms with Crippen molar-refractivity contribution in [1.29, 1.82) is 0 Å². The molecule has 0 N–H and O–H groups in total. The Hall–Kier alpha value is 0.180. The number of epoxide rings is 1. The molecule has 0 aromatic rings. The lowest BCUT2D eigenvalue weighted by molar-refractivity contribution is 0.263. The van der Waals surface area contributed by atoms with Crippen molar-refractivity contribution < 1.29 is 4.74 Å². The molecule has 2 aliphatic carbocycles. The van der Waals surface area contributed by atoms with E-state index in [1.54, 1.807) is 0 Å². The Morgan fingerprint density at radius 1 is 1.55 bits per heavy atom. The first-order valence-electron chi connectivity index (χ1n) is 4.27. The van der Waals surface area contributed by atoms with Crippen molar-refractivity contribution in [1.82, 2.24) is 0 Å². The third kappa shape index (κ3) is 0.701. The number of alkyl halides is 1. The van der Waals surface area contributed by atoms with Crippen molar-refractivity contribution in [2.24, 2.45) is 11.8 Å². The van der Waals surface area contributed by atoms with Crippen molar-refractivity contribution in [3.63, 3.8) is 0 Å². The third-order valence-electron chi connectivity index (χ3n) is 3.37. The monoisotopic (exact) mass is 214 g/mol. The zero-order chi connectivity index (χ0) is 7.47. The average Bonchev–Trinajstić information content (AvgIpc) is 2.45. The van der Waals surface area contributed by atoms with Gasteiger partial charge in [0.25, 0.3) is 0 Å². The predicted molar refractivity (Wildman–Crippen MR) is 46.8 cm³/mol. The topological polar surface area (TPSA) is 12.5 Å². The third-order valence-corrected chi connectivity index (χ3v) is 3.96. The molecule has 2 heteroatoms. The van der Waals surface area contributed by atoms with E-state index in [-0.39, 0.29) is 0 Å². The number of ether oxygens (including phenoxy) is 1. The number of halogens is 1. The second-order valence-electron chi connectivity index (χ2n) is 3.91. The van der Waals surface area contributed by atoms with Crippen LogP contribution in [-0.4, -0.2) is 17.0 Å². The first kappa shape index (κ1) is 6.67. The molecule has 2 fully saturated rings. The average molecular weight is 215 g/mol. The van der Waals surface area contributed by atoms with Gasteiger partial charge in [0.05, 0.1) is 6.10 Å². The van der Waals surface area contributed by atoms with Crippen LogP contribution >= 0.6 is 15.9 Å². The van der Waals surface area contributed by atoms with Gasteiger partial charge in [-0.3, -0.25) is 0 Å². The number of allylic oxidation sites excluding steroid dienone is 1. The molecular weight excluding hydrogens is 204 g/mol. The van der Waals surface area contributed by atoms with Gasteiger partial charge in [-0.2, -0.15) is 0 Å². The first-order chi connectivity index (χ1) is 5.35. The zero-order valence-electron chi connectivity index (χ0n) is 6.29. The largest absolute Gasteiger partial charge is 0.364 e. The molecule has 0 aromatic heterocycles. The van der Waals surface area contributed by atoms with Crippen LogP contribution in [0.1, 0.15) is 12.8 Å². The molecule has 1 heterocycles. The molecule has 1 saturated carbocycles. The van der Waals surface area contributed by atoms with Gasteiger partial charge in [0.1, 0.15) is 5.60 Å². The highest BCUT2D eigenvalue weighted by molar-refractivity contribution is 9.09. The number of hydrogen-bond acceptors (Lipinski definition) is 1. The standard InChI is InChI=1S/C9H11BrO/c10-5-8-9(11-8)4-6-1-2-7(9)3-6/h1-2,6-8H,3-5H2. The summed E-state index contributed by atoms with van der Waals surface area (Å²) < 4.78 is 5.75. The number of rotatable bonds is 1. The lowest BCUT2D eigenvalue weighted by Crippen LogP contribution is -2.21. The molecule has 2 bridgehead atoms. The van der Waals surface area contributed by atoms with Crippen molar-refractivity contribution in [3.05, 3.63) is 12.2 Å². The highest BCUT2D eigenvalue weighted by Crippen LogP contribution is 2.59. The van der Waals surface area contributed by atoms with Gasteiger partial charge in [-0.15, -0.1) is 0 Å². The number of fused-ring (bicyclic) bond motifs is 3. The second kappa shape index (κ2) is 1.91. The lowest BCUT2D eigenvalue weighted by Gasteiger charge is -2.12. The smallest absolute Gasteiger partial charge is 0.102 e. The van der Waals surface area contributed by atoms with E-state index in [0.29, 0.717) is 11.7 Å². The van der Waals surface area contributed by atoms with Crippen LogP contribution in [0.25, 0.3) is 0 Å². The summed E-state index contributed by atoms with van der Waals surface area (Å²) >= 11 is 3.48. The van der Waals surface area contributed by atoms with Gasteiger partial charge in [0, 0.05) is 11.2 Å². The normalized spacial score (nSPS) is 57.7. The molecule has 1 saturated heterocycles. The highest BCUT2D eigenvalue weighted by Gasteiger charge is 2.65. The van der Waals surface area contributed by atoms with E-state index in [1.165, 1.54) is 12.8 Å². The molecular formula is C9H11BrO. The van der Waals surface area contributed by atoms with Crippen molar-refractivity contribution in [2.45, 2.75) is 24.5 Å². The van der Waals surface area contributed by atoms with Crippen molar-refractivity contribution in [3.8, 4) is 0 Å². The minimum Gasteiger partial charge on any atom is -0.364 e. The Labute approximate surface area is 74.9 Å². The number of hydrogen-bond donors (Lipinski definition) is 0.